The zero-order valence-electron chi connectivity index (χ0n) is 63.5. The zero-order valence-corrected chi connectivity index (χ0v) is 63.5. The van der Waals surface area contributed by atoms with Gasteiger partial charge < -0.3 is 58.1 Å². The molecule has 14 heteroatoms. The number of halogens is 1. The molecule has 10 fully saturated rings. The normalized spacial score (nSPS) is 24.8. The summed E-state index contributed by atoms with van der Waals surface area (Å²) in [7, 11) is 3.31. The zero-order chi connectivity index (χ0) is 70.9. The number of hydrogen-bond donors (Lipinski definition) is 2. The molecule has 544 valence electrons. The molecule has 2 unspecified atom stereocenters. The van der Waals surface area contributed by atoms with Crippen LogP contribution in [0, 0.1) is 22.6 Å². The van der Waals surface area contributed by atoms with Crippen molar-refractivity contribution in [3.63, 3.8) is 0 Å². The molecule has 0 aliphatic carbocycles. The molecule has 0 radical (unpaired) electrons. The van der Waals surface area contributed by atoms with Gasteiger partial charge in [0.15, 0.2) is 23.1 Å². The molecule has 10 aliphatic heterocycles. The van der Waals surface area contributed by atoms with Crippen LogP contribution in [0.3, 0.4) is 0 Å². The van der Waals surface area contributed by atoms with E-state index < -0.39 is 0 Å². The minimum atomic E-state index is -0.328. The summed E-state index contributed by atoms with van der Waals surface area (Å²) in [5.74, 6) is 5.32. The fraction of sp³-hybridized carbons (Fsp3) is 0.643. The van der Waals surface area contributed by atoms with Crippen molar-refractivity contribution in [1.29, 1.82) is 0 Å². The monoisotopic (exact) mass is 1350 g/mol. The Morgan fingerprint density at radius 2 is 0.888 bits per heavy atom. The van der Waals surface area contributed by atoms with E-state index in [0.29, 0.717) is 62.9 Å². The highest BCUT2D eigenvalue weighted by molar-refractivity contribution is 5.45. The Morgan fingerprint density at radius 1 is 0.449 bits per heavy atom. The lowest BCUT2D eigenvalue weighted by Gasteiger charge is -2.48. The van der Waals surface area contributed by atoms with Gasteiger partial charge in [-0.1, -0.05) is 152 Å². The van der Waals surface area contributed by atoms with Crippen molar-refractivity contribution in [3.05, 3.63) is 143 Å². The molecule has 0 spiro atoms. The van der Waals surface area contributed by atoms with Gasteiger partial charge in [0.1, 0.15) is 43.2 Å². The smallest absolute Gasteiger partial charge is 0.165 e. The van der Waals surface area contributed by atoms with Crippen LogP contribution < -0.4 is 33.7 Å². The summed E-state index contributed by atoms with van der Waals surface area (Å²) in [5.41, 5.74) is 7.78. The van der Waals surface area contributed by atoms with Crippen molar-refractivity contribution in [2.24, 2.45) is 16.7 Å². The predicted molar refractivity (Wildman–Crippen MR) is 398 cm³/mol. The van der Waals surface area contributed by atoms with E-state index in [1.807, 2.05) is 39.0 Å². The van der Waals surface area contributed by atoms with Crippen molar-refractivity contribution in [2.75, 3.05) is 126 Å². The van der Waals surface area contributed by atoms with E-state index in [1.165, 1.54) is 132 Å². The number of fused-ring (bicyclic) bond motifs is 9. The summed E-state index contributed by atoms with van der Waals surface area (Å²) >= 11 is 0. The average molecular weight is 1360 g/mol. The third-order valence-corrected chi connectivity index (χ3v) is 21.2. The molecule has 0 saturated carbocycles. The fourth-order valence-electron chi connectivity index (χ4n) is 13.9. The number of benzene rings is 5. The SMILES string of the molecule is CC(C)(C)c1ccc(OC2CN3CCC2CC3)cc1.CC(C)(C)c1ccc(OCC23CCN(CC2)CC3)cc1.CC(C)(C)c1ccc(OCC2C[C@@H](O)CN2)c(F)c1.CC(C)(C)c1cccc(OCC23CCN(CC2)CC3)c1.COCCOc1ccc(C(C)(C)C)cc1OCCOC. The van der Waals surface area contributed by atoms with E-state index in [0.717, 1.165) is 60.0 Å². The van der Waals surface area contributed by atoms with Crippen molar-refractivity contribution in [1.82, 2.24) is 20.0 Å². The Labute approximate surface area is 591 Å². The summed E-state index contributed by atoms with van der Waals surface area (Å²) < 4.78 is 59.4. The number of nitrogens with one attached hydrogen (secondary N) is 1. The molecular formula is C84H127FN4O9. The standard InChI is InChI=1S/2C18H27NO.C17H25NO.C16H26O4.C15H22FNO2/c1-17(2,3)15-4-6-16(7-5-15)20-14-18-8-11-19(12-9-18)13-10-18;1-17(2,3)15-5-4-6-16(13-15)20-14-18-7-10-19(11-8-18)12-9-18;1-17(2,3)14-4-6-15(7-5-14)19-16-12-18-10-8-13(16)9-11-18;1-16(2,3)13-6-7-14(19-10-8-17-4)15(12-13)20-11-9-18-5;1-15(2,3)10-4-5-14(13(16)6-10)19-9-11-7-12(18)8-17-11/h4-7H,8-14H2,1-3H3;4-6,13H,7-12,14H2,1-3H3;4-7,13,16H,8-12H2,1-3H3;6-7,12H,8-11H2,1-5H3;4-6,11-12,17-18H,7-9H2,1-3H3/t;;;;11?,12-/m....1/s1. The highest BCUT2D eigenvalue weighted by Crippen LogP contribution is 2.43. The van der Waals surface area contributed by atoms with E-state index in [1.54, 1.807) is 20.3 Å². The number of hydrogen-bond acceptors (Lipinski definition) is 13. The lowest BCUT2D eigenvalue weighted by Crippen LogP contribution is -2.52. The number of ether oxygens (including phenoxy) is 8. The van der Waals surface area contributed by atoms with Crippen LogP contribution in [-0.2, 0) is 36.5 Å². The molecule has 10 aliphatic rings. The van der Waals surface area contributed by atoms with Crippen molar-refractivity contribution >= 4 is 0 Å². The van der Waals surface area contributed by atoms with Crippen LogP contribution in [0.5, 0.6) is 34.5 Å². The Balaban J connectivity index is 0.000000156. The first-order valence-electron chi connectivity index (χ1n) is 36.9. The van der Waals surface area contributed by atoms with Gasteiger partial charge in [0.2, 0.25) is 0 Å². The molecule has 0 aromatic heterocycles. The Bertz CT molecular complexity index is 3140. The third-order valence-electron chi connectivity index (χ3n) is 21.2. The van der Waals surface area contributed by atoms with Gasteiger partial charge in [-0.25, -0.2) is 4.39 Å². The lowest BCUT2D eigenvalue weighted by molar-refractivity contribution is -0.00777. The van der Waals surface area contributed by atoms with Crippen LogP contribution in [-0.4, -0.2) is 164 Å². The highest BCUT2D eigenvalue weighted by atomic mass is 19.1. The van der Waals surface area contributed by atoms with Gasteiger partial charge >= 0.3 is 0 Å². The predicted octanol–water partition coefficient (Wildman–Crippen LogP) is 16.4. The van der Waals surface area contributed by atoms with E-state index in [-0.39, 0.29) is 50.8 Å². The van der Waals surface area contributed by atoms with E-state index in [9.17, 15) is 9.50 Å². The Kier molecular flexibility index (Phi) is 27.9. The van der Waals surface area contributed by atoms with Gasteiger partial charge in [-0.05, 0) is 232 Å². The van der Waals surface area contributed by atoms with E-state index in [2.05, 4.69) is 182 Å². The summed E-state index contributed by atoms with van der Waals surface area (Å²) in [6, 6.07) is 37.3. The molecule has 2 N–H and O–H groups in total. The number of aliphatic hydroxyl groups excluding tert-OH is 1. The van der Waals surface area contributed by atoms with Gasteiger partial charge in [-0.15, -0.1) is 0 Å². The second-order valence-electron chi connectivity index (χ2n) is 34.2. The molecule has 0 amide bonds. The van der Waals surface area contributed by atoms with Crippen LogP contribution in [0.25, 0.3) is 0 Å². The van der Waals surface area contributed by atoms with Crippen LogP contribution in [0.2, 0.25) is 0 Å². The number of β-amino-alcohol motifs (C(OH)–C–C–N with tert-alkyl or cyclic N) is 1. The number of methoxy groups -OCH3 is 2. The molecule has 5 aromatic rings. The first-order chi connectivity index (χ1) is 46.3. The molecular weight excluding hydrogens is 1230 g/mol. The number of aliphatic hydroxyl groups is 1. The van der Waals surface area contributed by atoms with Crippen molar-refractivity contribution in [2.45, 2.75) is 207 Å². The number of rotatable bonds is 19. The second-order valence-corrected chi connectivity index (χ2v) is 34.2. The first-order valence-corrected chi connectivity index (χ1v) is 36.9. The fourth-order valence-corrected chi connectivity index (χ4v) is 13.9. The molecule has 13 nitrogen and oxygen atoms in total. The maximum absolute atomic E-state index is 13.9. The summed E-state index contributed by atoms with van der Waals surface area (Å²) in [6.07, 6.45) is 11.2. The van der Waals surface area contributed by atoms with Crippen molar-refractivity contribution < 1.29 is 47.4 Å². The molecule has 10 saturated heterocycles. The van der Waals surface area contributed by atoms with E-state index >= 15 is 0 Å². The van der Waals surface area contributed by atoms with Gasteiger partial charge in [0.05, 0.1) is 32.5 Å². The minimum absolute atomic E-state index is 0.0729. The quantitative estimate of drug-likeness (QED) is 0.0765. The topological polar surface area (TPSA) is 116 Å². The summed E-state index contributed by atoms with van der Waals surface area (Å²) in [6.45, 7) is 49.1. The summed E-state index contributed by atoms with van der Waals surface area (Å²) in [4.78, 5) is 7.70. The largest absolute Gasteiger partial charge is 0.493 e. The molecule has 5 aromatic carbocycles. The molecule has 98 heavy (non-hydrogen) atoms. The van der Waals surface area contributed by atoms with Gasteiger partial charge in [0, 0.05) is 44.2 Å². The van der Waals surface area contributed by atoms with Crippen molar-refractivity contribution in [3.8, 4) is 34.5 Å². The first kappa shape index (κ1) is 78.3. The third kappa shape index (κ3) is 23.8. The van der Waals surface area contributed by atoms with Crippen LogP contribution in [0.15, 0.2) is 109 Å². The maximum Gasteiger partial charge on any atom is 0.165 e. The second kappa shape index (κ2) is 35.0. The van der Waals surface area contributed by atoms with Crippen LogP contribution in [0.4, 0.5) is 4.39 Å². The van der Waals surface area contributed by atoms with Gasteiger partial charge in [0.25, 0.3) is 0 Å². The molecule has 3 atom stereocenters. The van der Waals surface area contributed by atoms with Gasteiger partial charge in [-0.2, -0.15) is 0 Å². The lowest BCUT2D eigenvalue weighted by atomic mass is 9.73. The molecule has 15 rings (SSSR count). The van der Waals surface area contributed by atoms with Gasteiger partial charge in [-0.3, -0.25) is 4.90 Å². The van der Waals surface area contributed by atoms with Crippen LogP contribution >= 0.6 is 0 Å². The Morgan fingerprint density at radius 3 is 1.33 bits per heavy atom. The number of nitrogens with zero attached hydrogens (tertiary/aromatic N) is 3. The average Bonchev–Trinajstić information content (AvgIpc) is 0.891. The highest BCUT2D eigenvalue weighted by Gasteiger charge is 2.42. The Hall–Kier alpha value is -5.45. The molecule has 6 bridgehead atoms. The summed E-state index contributed by atoms with van der Waals surface area (Å²) in [5, 5.41) is 12.5. The van der Waals surface area contributed by atoms with Crippen LogP contribution in [0.1, 0.15) is 189 Å². The molecule has 10 heterocycles. The maximum atomic E-state index is 13.9. The number of piperidine rings is 9. The van der Waals surface area contributed by atoms with E-state index in [4.69, 9.17) is 37.9 Å². The minimum Gasteiger partial charge on any atom is -0.493 e.